The van der Waals surface area contributed by atoms with Gasteiger partial charge in [-0.05, 0) is 38.0 Å². The highest BCUT2D eigenvalue weighted by molar-refractivity contribution is 5.93. The summed E-state index contributed by atoms with van der Waals surface area (Å²) in [5, 5.41) is 14.2. The normalized spacial score (nSPS) is 14.1. The number of anilines is 1. The van der Waals surface area contributed by atoms with Gasteiger partial charge in [0.15, 0.2) is 6.61 Å². The number of benzene rings is 2. The molecule has 9 nitrogen and oxygen atoms in total. The van der Waals surface area contributed by atoms with Crippen molar-refractivity contribution in [1.29, 1.82) is 0 Å². The Bertz CT molecular complexity index is 971. The van der Waals surface area contributed by atoms with Crippen molar-refractivity contribution >= 4 is 23.3 Å². The van der Waals surface area contributed by atoms with Gasteiger partial charge in [-0.3, -0.25) is 14.9 Å². The topological polar surface area (TPSA) is 111 Å². The summed E-state index contributed by atoms with van der Waals surface area (Å²) in [5.74, 6) is -0.649. The lowest BCUT2D eigenvalue weighted by Gasteiger charge is -2.18. The molecular weight excluding hydrogens is 402 g/mol. The molecule has 2 aromatic rings. The van der Waals surface area contributed by atoms with Gasteiger partial charge in [0.2, 0.25) is 0 Å². The van der Waals surface area contributed by atoms with Crippen LogP contribution in [0.1, 0.15) is 41.7 Å². The summed E-state index contributed by atoms with van der Waals surface area (Å²) in [6.45, 7) is 2.78. The van der Waals surface area contributed by atoms with Crippen molar-refractivity contribution in [2.75, 3.05) is 31.7 Å². The van der Waals surface area contributed by atoms with E-state index in [9.17, 15) is 19.7 Å². The molecular formula is C22H25N3O6. The van der Waals surface area contributed by atoms with Crippen molar-refractivity contribution in [1.82, 2.24) is 5.32 Å². The van der Waals surface area contributed by atoms with Crippen molar-refractivity contribution in [3.05, 3.63) is 63.7 Å². The first-order chi connectivity index (χ1) is 14.9. The van der Waals surface area contributed by atoms with Crippen LogP contribution in [0.15, 0.2) is 42.5 Å². The molecule has 1 heterocycles. The van der Waals surface area contributed by atoms with E-state index in [1.165, 1.54) is 12.1 Å². The number of carbonyl (C=O) groups is 2. The van der Waals surface area contributed by atoms with Gasteiger partial charge < -0.3 is 19.7 Å². The Morgan fingerprint density at radius 2 is 1.90 bits per heavy atom. The summed E-state index contributed by atoms with van der Waals surface area (Å²) < 4.78 is 10.4. The first kappa shape index (κ1) is 22.1. The molecule has 2 aromatic carbocycles. The monoisotopic (exact) mass is 427 g/mol. The molecule has 3 rings (SSSR count). The molecule has 1 fully saturated rings. The van der Waals surface area contributed by atoms with Gasteiger partial charge >= 0.3 is 5.97 Å². The summed E-state index contributed by atoms with van der Waals surface area (Å²) in [6, 6.07) is 11.2. The van der Waals surface area contributed by atoms with Crippen LogP contribution in [0.25, 0.3) is 0 Å². The number of hydrogen-bond acceptors (Lipinski definition) is 7. The minimum Gasteiger partial charge on any atom is -0.496 e. The van der Waals surface area contributed by atoms with Gasteiger partial charge in [0.1, 0.15) is 11.4 Å². The summed E-state index contributed by atoms with van der Waals surface area (Å²) in [7, 11) is 1.54. The molecule has 31 heavy (non-hydrogen) atoms. The van der Waals surface area contributed by atoms with E-state index in [1.54, 1.807) is 26.2 Å². The largest absolute Gasteiger partial charge is 0.496 e. The summed E-state index contributed by atoms with van der Waals surface area (Å²) in [4.78, 5) is 37.5. The first-order valence-electron chi connectivity index (χ1n) is 10.0. The van der Waals surface area contributed by atoms with E-state index in [-0.39, 0.29) is 17.3 Å². The van der Waals surface area contributed by atoms with Gasteiger partial charge in [-0.15, -0.1) is 0 Å². The third kappa shape index (κ3) is 5.30. The molecule has 1 atom stereocenters. The van der Waals surface area contributed by atoms with E-state index in [1.807, 2.05) is 23.1 Å². The summed E-state index contributed by atoms with van der Waals surface area (Å²) in [5.41, 5.74) is 1.16. The number of nitro benzene ring substituents is 1. The molecule has 1 unspecified atom stereocenters. The van der Waals surface area contributed by atoms with Crippen molar-refractivity contribution in [3.8, 4) is 5.75 Å². The van der Waals surface area contributed by atoms with Crippen LogP contribution in [0.4, 0.5) is 11.4 Å². The Morgan fingerprint density at radius 3 is 2.58 bits per heavy atom. The van der Waals surface area contributed by atoms with Gasteiger partial charge in [-0.2, -0.15) is 0 Å². The molecule has 9 heteroatoms. The third-order valence-electron chi connectivity index (χ3n) is 5.17. The maximum atomic E-state index is 12.4. The number of methoxy groups -OCH3 is 1. The predicted molar refractivity (Wildman–Crippen MR) is 114 cm³/mol. The number of carbonyl (C=O) groups excluding carboxylic acids is 2. The fourth-order valence-corrected chi connectivity index (χ4v) is 3.62. The molecule has 164 valence electrons. The third-order valence-corrected chi connectivity index (χ3v) is 5.17. The number of rotatable bonds is 8. The highest BCUT2D eigenvalue weighted by Gasteiger charge is 2.24. The van der Waals surface area contributed by atoms with Gasteiger partial charge in [-0.1, -0.05) is 18.2 Å². The molecule has 1 aliphatic rings. The molecule has 0 aliphatic carbocycles. The molecule has 1 amide bonds. The second kappa shape index (κ2) is 9.92. The molecule has 1 aliphatic heterocycles. The standard InChI is InChI=1S/C22H25N3O6/c1-15(17-7-3-4-8-20(17)30-2)23-21(26)14-31-22(27)16-9-10-18(19(13-16)25(28)29)24-11-5-6-12-24/h3-4,7-10,13,15H,5-6,11-12,14H2,1-2H3,(H,23,26). The van der Waals surface area contributed by atoms with E-state index in [0.29, 0.717) is 11.4 Å². The number of nitrogens with one attached hydrogen (secondary N) is 1. The maximum absolute atomic E-state index is 12.4. The molecule has 0 aromatic heterocycles. The van der Waals surface area contributed by atoms with Crippen LogP contribution < -0.4 is 15.0 Å². The number of para-hydroxylation sites is 1. The SMILES string of the molecule is COc1ccccc1C(C)NC(=O)COC(=O)c1ccc(N2CCCC2)c([N+](=O)[O-])c1. The number of nitrogens with zero attached hydrogens (tertiary/aromatic N) is 2. The molecule has 1 N–H and O–H groups in total. The smallest absolute Gasteiger partial charge is 0.338 e. The van der Waals surface area contributed by atoms with Crippen LogP contribution in [0.3, 0.4) is 0 Å². The van der Waals surface area contributed by atoms with Crippen LogP contribution in [0.2, 0.25) is 0 Å². The second-order valence-corrected chi connectivity index (χ2v) is 7.26. The summed E-state index contributed by atoms with van der Waals surface area (Å²) >= 11 is 0. The van der Waals surface area contributed by atoms with Crippen molar-refractivity contribution in [2.45, 2.75) is 25.8 Å². The van der Waals surface area contributed by atoms with E-state index >= 15 is 0 Å². The highest BCUT2D eigenvalue weighted by atomic mass is 16.6. The minimum atomic E-state index is -0.795. The Hall–Kier alpha value is -3.62. The van der Waals surface area contributed by atoms with Gasteiger partial charge in [-0.25, -0.2) is 4.79 Å². The molecule has 0 radical (unpaired) electrons. The number of amides is 1. The van der Waals surface area contributed by atoms with Crippen LogP contribution in [0, 0.1) is 10.1 Å². The zero-order valence-corrected chi connectivity index (χ0v) is 17.5. The maximum Gasteiger partial charge on any atom is 0.338 e. The average Bonchev–Trinajstić information content (AvgIpc) is 3.31. The quantitative estimate of drug-likeness (QED) is 0.391. The van der Waals surface area contributed by atoms with Crippen molar-refractivity contribution in [3.63, 3.8) is 0 Å². The zero-order chi connectivity index (χ0) is 22.4. The summed E-state index contributed by atoms with van der Waals surface area (Å²) in [6.07, 6.45) is 1.95. The van der Waals surface area contributed by atoms with Crippen molar-refractivity contribution in [2.24, 2.45) is 0 Å². The second-order valence-electron chi connectivity index (χ2n) is 7.26. The fraction of sp³-hybridized carbons (Fsp3) is 0.364. The molecule has 0 bridgehead atoms. The lowest BCUT2D eigenvalue weighted by atomic mass is 10.1. The fourth-order valence-electron chi connectivity index (χ4n) is 3.62. The highest BCUT2D eigenvalue weighted by Crippen LogP contribution is 2.32. The van der Waals surface area contributed by atoms with Gasteiger partial charge in [0.25, 0.3) is 11.6 Å². The Balaban J connectivity index is 1.61. The minimum absolute atomic E-state index is 0.0280. The first-order valence-corrected chi connectivity index (χ1v) is 10.0. The van der Waals surface area contributed by atoms with Crippen molar-refractivity contribution < 1.29 is 24.0 Å². The van der Waals surface area contributed by atoms with E-state index in [0.717, 1.165) is 31.5 Å². The zero-order valence-electron chi connectivity index (χ0n) is 17.5. The average molecular weight is 427 g/mol. The van der Waals surface area contributed by atoms with E-state index in [2.05, 4.69) is 5.32 Å². The molecule has 0 saturated carbocycles. The van der Waals surface area contributed by atoms with Crippen LogP contribution in [-0.4, -0.2) is 43.6 Å². The molecule has 0 spiro atoms. The van der Waals surface area contributed by atoms with E-state index < -0.39 is 23.4 Å². The lowest BCUT2D eigenvalue weighted by molar-refractivity contribution is -0.384. The van der Waals surface area contributed by atoms with E-state index in [4.69, 9.17) is 9.47 Å². The van der Waals surface area contributed by atoms with Crippen LogP contribution >= 0.6 is 0 Å². The number of esters is 1. The Kier molecular flexibility index (Phi) is 7.07. The van der Waals surface area contributed by atoms with Gasteiger partial charge in [0, 0.05) is 24.7 Å². The van der Waals surface area contributed by atoms with Gasteiger partial charge in [0.05, 0.1) is 23.6 Å². The van der Waals surface area contributed by atoms with Crippen LogP contribution in [-0.2, 0) is 9.53 Å². The number of ether oxygens (including phenoxy) is 2. The Morgan fingerprint density at radius 1 is 1.19 bits per heavy atom. The predicted octanol–water partition coefficient (Wildman–Crippen LogP) is 3.24. The van der Waals surface area contributed by atoms with Crippen LogP contribution in [0.5, 0.6) is 5.75 Å². The Labute approximate surface area is 180 Å². The number of hydrogen-bond donors (Lipinski definition) is 1. The lowest BCUT2D eigenvalue weighted by Crippen LogP contribution is -2.31. The number of nitro groups is 1. The molecule has 1 saturated heterocycles.